The van der Waals surface area contributed by atoms with Gasteiger partial charge in [-0.15, -0.1) is 0 Å². The van der Waals surface area contributed by atoms with Crippen LogP contribution in [0.25, 0.3) is 11.1 Å². The molecule has 0 bridgehead atoms. The molecule has 2 N–H and O–H groups in total. The van der Waals surface area contributed by atoms with Crippen LogP contribution in [-0.2, 0) is 6.18 Å². The Bertz CT molecular complexity index is 533. The quantitative estimate of drug-likeness (QED) is 0.874. The van der Waals surface area contributed by atoms with Crippen LogP contribution in [0.4, 0.5) is 19.1 Å². The first kappa shape index (κ1) is 12.0. The minimum absolute atomic E-state index is 0.231. The molecule has 0 unspecified atom stereocenters. The molecule has 0 saturated heterocycles. The van der Waals surface area contributed by atoms with Gasteiger partial charge in [0, 0.05) is 4.47 Å². The molecule has 1 aromatic heterocycles. The molecule has 0 radical (unpaired) electrons. The first-order valence-corrected chi connectivity index (χ1v) is 5.27. The van der Waals surface area contributed by atoms with Crippen LogP contribution >= 0.6 is 15.9 Å². The molecule has 17 heavy (non-hydrogen) atoms. The van der Waals surface area contributed by atoms with Gasteiger partial charge in [0.25, 0.3) is 0 Å². The van der Waals surface area contributed by atoms with E-state index in [2.05, 4.69) is 25.6 Å². The molecule has 0 amide bonds. The maximum atomic E-state index is 12.6. The lowest BCUT2D eigenvalue weighted by Gasteiger charge is -2.05. The number of nitrogen functional groups attached to an aromatic ring is 1. The van der Waals surface area contributed by atoms with E-state index in [0.717, 1.165) is 4.47 Å². The highest BCUT2D eigenvalue weighted by Gasteiger charge is 2.39. The Balaban J connectivity index is 2.59. The minimum Gasteiger partial charge on any atom is -0.367 e. The van der Waals surface area contributed by atoms with Crippen molar-refractivity contribution >= 4 is 21.8 Å². The van der Waals surface area contributed by atoms with E-state index in [0.29, 0.717) is 5.56 Å². The SMILES string of the molecule is Nc1onc(C(F)(F)F)c1-c1ccc(Br)cc1. The van der Waals surface area contributed by atoms with E-state index in [1.165, 1.54) is 12.1 Å². The van der Waals surface area contributed by atoms with E-state index >= 15 is 0 Å². The van der Waals surface area contributed by atoms with E-state index in [1.54, 1.807) is 12.1 Å². The van der Waals surface area contributed by atoms with Crippen molar-refractivity contribution in [3.63, 3.8) is 0 Å². The van der Waals surface area contributed by atoms with E-state index in [9.17, 15) is 13.2 Å². The van der Waals surface area contributed by atoms with Gasteiger partial charge in [0.2, 0.25) is 5.88 Å². The fourth-order valence-corrected chi connectivity index (χ4v) is 1.66. The average Bonchev–Trinajstić information content (AvgIpc) is 2.61. The zero-order valence-corrected chi connectivity index (χ0v) is 9.84. The Hall–Kier alpha value is -1.50. The number of nitrogens with zero attached hydrogens (tertiary/aromatic N) is 1. The number of hydrogen-bond acceptors (Lipinski definition) is 3. The van der Waals surface area contributed by atoms with Crippen LogP contribution in [0.15, 0.2) is 33.3 Å². The van der Waals surface area contributed by atoms with Gasteiger partial charge in [0.05, 0.1) is 5.56 Å². The second-order valence-corrected chi connectivity index (χ2v) is 4.19. The molecule has 0 spiro atoms. The molecular formula is C10H6BrF3N2O. The van der Waals surface area contributed by atoms with Gasteiger partial charge in [-0.2, -0.15) is 13.2 Å². The third kappa shape index (κ3) is 2.28. The van der Waals surface area contributed by atoms with Crippen molar-refractivity contribution in [2.75, 3.05) is 5.73 Å². The zero-order valence-electron chi connectivity index (χ0n) is 8.25. The summed E-state index contributed by atoms with van der Waals surface area (Å²) >= 11 is 3.19. The summed E-state index contributed by atoms with van der Waals surface area (Å²) < 4.78 is 43.1. The summed E-state index contributed by atoms with van der Waals surface area (Å²) in [6, 6.07) is 6.23. The number of alkyl halides is 3. The van der Waals surface area contributed by atoms with Crippen LogP contribution in [-0.4, -0.2) is 5.16 Å². The van der Waals surface area contributed by atoms with Crippen LogP contribution < -0.4 is 5.73 Å². The summed E-state index contributed by atoms with van der Waals surface area (Å²) in [5.74, 6) is -0.348. The Morgan fingerprint density at radius 1 is 1.18 bits per heavy atom. The van der Waals surface area contributed by atoms with Gasteiger partial charge in [-0.3, -0.25) is 0 Å². The van der Waals surface area contributed by atoms with Gasteiger partial charge in [-0.25, -0.2) is 0 Å². The highest BCUT2D eigenvalue weighted by Crippen LogP contribution is 2.39. The minimum atomic E-state index is -4.59. The van der Waals surface area contributed by atoms with Crippen LogP contribution in [0.1, 0.15) is 5.69 Å². The summed E-state index contributed by atoms with van der Waals surface area (Å²) in [6.07, 6.45) is -4.59. The van der Waals surface area contributed by atoms with Crippen molar-refractivity contribution in [1.29, 1.82) is 0 Å². The third-order valence-electron chi connectivity index (χ3n) is 2.12. The van der Waals surface area contributed by atoms with Crippen molar-refractivity contribution in [1.82, 2.24) is 5.16 Å². The van der Waals surface area contributed by atoms with E-state index in [1.807, 2.05) is 0 Å². The van der Waals surface area contributed by atoms with E-state index in [-0.39, 0.29) is 11.4 Å². The second kappa shape index (κ2) is 4.06. The van der Waals surface area contributed by atoms with Crippen molar-refractivity contribution in [3.8, 4) is 11.1 Å². The van der Waals surface area contributed by atoms with E-state index in [4.69, 9.17) is 5.73 Å². The molecular weight excluding hydrogens is 301 g/mol. The molecule has 1 heterocycles. The maximum Gasteiger partial charge on any atom is 0.437 e. The summed E-state index contributed by atoms with van der Waals surface area (Å²) in [5, 5.41) is 2.95. The van der Waals surface area contributed by atoms with Crippen LogP contribution in [0.5, 0.6) is 0 Å². The Labute approximate surface area is 103 Å². The number of halogens is 4. The van der Waals surface area contributed by atoms with E-state index < -0.39 is 11.9 Å². The smallest absolute Gasteiger partial charge is 0.367 e. The number of aromatic nitrogens is 1. The Morgan fingerprint density at radius 2 is 1.76 bits per heavy atom. The van der Waals surface area contributed by atoms with Gasteiger partial charge in [0.15, 0.2) is 5.69 Å². The highest BCUT2D eigenvalue weighted by molar-refractivity contribution is 9.10. The molecule has 0 saturated carbocycles. The fraction of sp³-hybridized carbons (Fsp3) is 0.100. The van der Waals surface area contributed by atoms with Gasteiger partial charge in [-0.1, -0.05) is 33.2 Å². The lowest BCUT2D eigenvalue weighted by molar-refractivity contribution is -0.142. The molecule has 0 fully saturated rings. The number of hydrogen-bond donors (Lipinski definition) is 1. The molecule has 7 heteroatoms. The fourth-order valence-electron chi connectivity index (χ4n) is 1.39. The number of anilines is 1. The lowest BCUT2D eigenvalue weighted by Crippen LogP contribution is -2.07. The standard InChI is InChI=1S/C10H6BrF3N2O/c11-6-3-1-5(2-4-6)7-8(10(12,13)14)16-17-9(7)15/h1-4H,15H2. The van der Waals surface area contributed by atoms with Gasteiger partial charge < -0.3 is 10.3 Å². The van der Waals surface area contributed by atoms with Crippen LogP contribution in [0, 0.1) is 0 Å². The molecule has 2 aromatic rings. The molecule has 0 atom stereocenters. The summed E-state index contributed by atoms with van der Waals surface area (Å²) in [7, 11) is 0. The van der Waals surface area contributed by atoms with Gasteiger partial charge in [-0.05, 0) is 17.7 Å². The predicted octanol–water partition coefficient (Wildman–Crippen LogP) is 3.71. The molecule has 3 nitrogen and oxygen atoms in total. The normalized spacial score (nSPS) is 11.8. The Kier molecular flexibility index (Phi) is 2.86. The van der Waals surface area contributed by atoms with Crippen molar-refractivity contribution in [2.24, 2.45) is 0 Å². The monoisotopic (exact) mass is 306 g/mol. The number of rotatable bonds is 1. The predicted molar refractivity (Wildman–Crippen MR) is 59.1 cm³/mol. The maximum absolute atomic E-state index is 12.6. The van der Waals surface area contributed by atoms with Gasteiger partial charge >= 0.3 is 6.18 Å². The highest BCUT2D eigenvalue weighted by atomic mass is 79.9. The van der Waals surface area contributed by atoms with Crippen LogP contribution in [0.3, 0.4) is 0 Å². The molecule has 2 rings (SSSR count). The molecule has 0 aliphatic rings. The molecule has 90 valence electrons. The molecule has 0 aliphatic heterocycles. The summed E-state index contributed by atoms with van der Waals surface area (Å²) in [4.78, 5) is 0. The first-order chi connectivity index (χ1) is 7.89. The largest absolute Gasteiger partial charge is 0.437 e. The first-order valence-electron chi connectivity index (χ1n) is 4.48. The van der Waals surface area contributed by atoms with Crippen molar-refractivity contribution < 1.29 is 17.7 Å². The number of nitrogens with two attached hydrogens (primary N) is 1. The van der Waals surface area contributed by atoms with Crippen molar-refractivity contribution in [2.45, 2.75) is 6.18 Å². The third-order valence-corrected chi connectivity index (χ3v) is 2.65. The zero-order chi connectivity index (χ0) is 12.6. The van der Waals surface area contributed by atoms with Crippen LogP contribution in [0.2, 0.25) is 0 Å². The lowest BCUT2D eigenvalue weighted by atomic mass is 10.1. The molecule has 1 aromatic carbocycles. The Morgan fingerprint density at radius 3 is 2.29 bits per heavy atom. The van der Waals surface area contributed by atoms with Crippen molar-refractivity contribution in [3.05, 3.63) is 34.4 Å². The topological polar surface area (TPSA) is 52.0 Å². The van der Waals surface area contributed by atoms with Gasteiger partial charge in [0.1, 0.15) is 0 Å². The molecule has 0 aliphatic carbocycles. The number of benzene rings is 1. The average molecular weight is 307 g/mol. The summed E-state index contributed by atoms with van der Waals surface area (Å²) in [5.41, 5.74) is 4.33. The second-order valence-electron chi connectivity index (χ2n) is 3.28. The summed E-state index contributed by atoms with van der Waals surface area (Å²) in [6.45, 7) is 0.